The van der Waals surface area contributed by atoms with Gasteiger partial charge >= 0.3 is 0 Å². The zero-order valence-corrected chi connectivity index (χ0v) is 9.56. The number of halogens is 1. The lowest BCUT2D eigenvalue weighted by Crippen LogP contribution is -1.95. The van der Waals surface area contributed by atoms with Gasteiger partial charge in [-0.25, -0.2) is 0 Å². The molecule has 0 saturated heterocycles. The Morgan fingerprint density at radius 2 is 2.23 bits per heavy atom. The fraction of sp³-hybridized carbons (Fsp3) is 0.333. The molecule has 0 amide bonds. The number of hydrogen-bond donors (Lipinski definition) is 0. The Morgan fingerprint density at radius 1 is 1.54 bits per heavy atom. The molecule has 1 unspecified atom stereocenters. The first-order valence-corrected chi connectivity index (χ1v) is 5.14. The van der Waals surface area contributed by atoms with Gasteiger partial charge in [-0.1, -0.05) is 35.0 Å². The number of terminal acetylenes is 1. The van der Waals surface area contributed by atoms with Crippen LogP contribution in [0.2, 0.25) is 0 Å². The van der Waals surface area contributed by atoms with Gasteiger partial charge in [0.2, 0.25) is 0 Å². The van der Waals surface area contributed by atoms with Crippen molar-refractivity contribution < 1.29 is 0 Å². The minimum Gasteiger partial charge on any atom is -0.120 e. The lowest BCUT2D eigenvalue weighted by atomic mass is 9.94. The van der Waals surface area contributed by atoms with E-state index >= 15 is 0 Å². The molecule has 68 valence electrons. The molecule has 0 nitrogen and oxygen atoms in total. The molecular formula is C12H13Br. The van der Waals surface area contributed by atoms with Crippen LogP contribution in [0.4, 0.5) is 0 Å². The second-order valence-corrected chi connectivity index (χ2v) is 4.12. The molecule has 1 aromatic carbocycles. The quantitative estimate of drug-likeness (QED) is 0.684. The molecule has 0 bridgehead atoms. The summed E-state index contributed by atoms with van der Waals surface area (Å²) in [6.45, 7) is 4.28. The molecular weight excluding hydrogens is 224 g/mol. The highest BCUT2D eigenvalue weighted by molar-refractivity contribution is 9.10. The van der Waals surface area contributed by atoms with Crippen LogP contribution in [-0.4, -0.2) is 0 Å². The monoisotopic (exact) mass is 236 g/mol. The zero-order chi connectivity index (χ0) is 9.84. The summed E-state index contributed by atoms with van der Waals surface area (Å²) in [4.78, 5) is 0. The van der Waals surface area contributed by atoms with Crippen molar-refractivity contribution >= 4 is 15.9 Å². The average Bonchev–Trinajstić information content (AvgIpc) is 2.10. The van der Waals surface area contributed by atoms with E-state index in [-0.39, 0.29) is 0 Å². The van der Waals surface area contributed by atoms with Gasteiger partial charge in [0.25, 0.3) is 0 Å². The molecule has 0 aromatic heterocycles. The normalized spacial score (nSPS) is 12.2. The topological polar surface area (TPSA) is 0 Å². The third-order valence-electron chi connectivity index (χ3n) is 2.26. The first-order valence-electron chi connectivity index (χ1n) is 4.35. The minimum atomic E-state index is 0.447. The molecule has 0 N–H and O–H groups in total. The van der Waals surface area contributed by atoms with E-state index in [4.69, 9.17) is 6.42 Å². The largest absolute Gasteiger partial charge is 0.120 e. The van der Waals surface area contributed by atoms with E-state index in [0.717, 1.165) is 10.9 Å². The maximum absolute atomic E-state index is 5.29. The van der Waals surface area contributed by atoms with Gasteiger partial charge in [-0.05, 0) is 30.0 Å². The third kappa shape index (κ3) is 2.35. The maximum Gasteiger partial charge on any atom is 0.0207 e. The van der Waals surface area contributed by atoms with E-state index in [9.17, 15) is 0 Å². The molecule has 0 heterocycles. The fourth-order valence-corrected chi connectivity index (χ4v) is 1.83. The molecule has 0 aliphatic rings. The highest BCUT2D eigenvalue weighted by Gasteiger charge is 2.08. The number of rotatable bonds is 2. The van der Waals surface area contributed by atoms with Crippen LogP contribution in [0.15, 0.2) is 22.7 Å². The lowest BCUT2D eigenvalue weighted by Gasteiger charge is -2.12. The van der Waals surface area contributed by atoms with Crippen LogP contribution in [0, 0.1) is 19.3 Å². The molecule has 1 rings (SSSR count). The first kappa shape index (κ1) is 10.3. The summed E-state index contributed by atoms with van der Waals surface area (Å²) in [5.41, 5.74) is 2.64. The summed E-state index contributed by atoms with van der Waals surface area (Å²) in [5, 5.41) is 0. The third-order valence-corrected chi connectivity index (χ3v) is 3.12. The molecule has 0 aliphatic carbocycles. The second-order valence-electron chi connectivity index (χ2n) is 3.26. The van der Waals surface area contributed by atoms with Crippen molar-refractivity contribution in [2.45, 2.75) is 26.2 Å². The molecule has 0 radical (unpaired) electrons. The predicted octanol–water partition coefficient (Wildman–Crippen LogP) is 3.88. The van der Waals surface area contributed by atoms with Crippen molar-refractivity contribution in [2.75, 3.05) is 0 Å². The van der Waals surface area contributed by atoms with Gasteiger partial charge in [0.15, 0.2) is 0 Å². The van der Waals surface area contributed by atoms with E-state index in [1.54, 1.807) is 0 Å². The summed E-state index contributed by atoms with van der Waals surface area (Å²) >= 11 is 3.51. The van der Waals surface area contributed by atoms with Crippen molar-refractivity contribution in [3.05, 3.63) is 33.8 Å². The standard InChI is InChI=1S/C12H13Br/c1-4-6-9(2)11-7-5-8-12(13)10(11)3/h1,5,7-9H,6H2,2-3H3. The Bertz CT molecular complexity index is 333. The Labute approximate surface area is 88.5 Å². The van der Waals surface area contributed by atoms with Crippen LogP contribution in [0.25, 0.3) is 0 Å². The average molecular weight is 237 g/mol. The highest BCUT2D eigenvalue weighted by atomic mass is 79.9. The van der Waals surface area contributed by atoms with Crippen LogP contribution >= 0.6 is 15.9 Å². The van der Waals surface area contributed by atoms with Crippen LogP contribution in [-0.2, 0) is 0 Å². The fourth-order valence-electron chi connectivity index (χ4n) is 1.44. The van der Waals surface area contributed by atoms with Gasteiger partial charge in [-0.15, -0.1) is 12.3 Å². The molecule has 0 fully saturated rings. The van der Waals surface area contributed by atoms with Crippen molar-refractivity contribution in [3.8, 4) is 12.3 Å². The van der Waals surface area contributed by atoms with Crippen LogP contribution < -0.4 is 0 Å². The molecule has 1 atom stereocenters. The van der Waals surface area contributed by atoms with Crippen LogP contribution in [0.3, 0.4) is 0 Å². The van der Waals surface area contributed by atoms with E-state index in [2.05, 4.69) is 53.9 Å². The maximum atomic E-state index is 5.29. The Hall–Kier alpha value is -0.740. The molecule has 1 heteroatoms. The lowest BCUT2D eigenvalue weighted by molar-refractivity contribution is 0.788. The molecule has 0 saturated carbocycles. The summed E-state index contributed by atoms with van der Waals surface area (Å²) < 4.78 is 1.16. The second kappa shape index (κ2) is 4.48. The predicted molar refractivity (Wildman–Crippen MR) is 60.7 cm³/mol. The van der Waals surface area contributed by atoms with Gasteiger partial charge in [-0.2, -0.15) is 0 Å². The SMILES string of the molecule is C#CCC(C)c1cccc(Br)c1C. The van der Waals surface area contributed by atoms with Crippen LogP contribution in [0.1, 0.15) is 30.4 Å². The molecule has 13 heavy (non-hydrogen) atoms. The van der Waals surface area contributed by atoms with E-state index in [1.165, 1.54) is 11.1 Å². The van der Waals surface area contributed by atoms with E-state index in [1.807, 2.05) is 0 Å². The van der Waals surface area contributed by atoms with Crippen molar-refractivity contribution in [2.24, 2.45) is 0 Å². The number of benzene rings is 1. The zero-order valence-electron chi connectivity index (χ0n) is 7.97. The Kier molecular flexibility index (Phi) is 3.57. The van der Waals surface area contributed by atoms with E-state index in [0.29, 0.717) is 5.92 Å². The smallest absolute Gasteiger partial charge is 0.0207 e. The summed E-state index contributed by atoms with van der Waals surface area (Å²) in [5.74, 6) is 3.14. The van der Waals surface area contributed by atoms with Crippen molar-refractivity contribution in [1.82, 2.24) is 0 Å². The summed E-state index contributed by atoms with van der Waals surface area (Å²) in [7, 11) is 0. The Balaban J connectivity index is 3.02. The Morgan fingerprint density at radius 3 is 2.85 bits per heavy atom. The highest BCUT2D eigenvalue weighted by Crippen LogP contribution is 2.27. The van der Waals surface area contributed by atoms with Gasteiger partial charge in [0, 0.05) is 10.9 Å². The van der Waals surface area contributed by atoms with Crippen molar-refractivity contribution in [3.63, 3.8) is 0 Å². The molecule has 0 aliphatic heterocycles. The van der Waals surface area contributed by atoms with Gasteiger partial charge in [0.05, 0.1) is 0 Å². The van der Waals surface area contributed by atoms with Crippen molar-refractivity contribution in [1.29, 1.82) is 0 Å². The van der Waals surface area contributed by atoms with Gasteiger partial charge < -0.3 is 0 Å². The number of hydrogen-bond acceptors (Lipinski definition) is 0. The summed E-state index contributed by atoms with van der Waals surface area (Å²) in [6.07, 6.45) is 6.10. The first-order chi connectivity index (χ1) is 6.16. The summed E-state index contributed by atoms with van der Waals surface area (Å²) in [6, 6.07) is 6.25. The van der Waals surface area contributed by atoms with Gasteiger partial charge in [-0.3, -0.25) is 0 Å². The van der Waals surface area contributed by atoms with Crippen LogP contribution in [0.5, 0.6) is 0 Å². The van der Waals surface area contributed by atoms with E-state index < -0.39 is 0 Å². The minimum absolute atomic E-state index is 0.447. The van der Waals surface area contributed by atoms with Gasteiger partial charge in [0.1, 0.15) is 0 Å². The molecule has 1 aromatic rings. The molecule has 0 spiro atoms.